The Bertz CT molecular complexity index is 800. The van der Waals surface area contributed by atoms with Crippen molar-refractivity contribution in [1.82, 2.24) is 14.4 Å². The number of hydrogen-bond acceptors (Lipinski definition) is 2. The van der Waals surface area contributed by atoms with Crippen LogP contribution in [0.1, 0.15) is 5.69 Å². The number of hydrogen-bond donors (Lipinski definition) is 1. The van der Waals surface area contributed by atoms with Gasteiger partial charge in [0.2, 0.25) is 5.78 Å². The van der Waals surface area contributed by atoms with Gasteiger partial charge >= 0.3 is 6.18 Å². The van der Waals surface area contributed by atoms with Crippen molar-refractivity contribution in [1.29, 1.82) is 0 Å². The van der Waals surface area contributed by atoms with E-state index in [4.69, 9.17) is 0 Å². The fourth-order valence-corrected chi connectivity index (χ4v) is 1.90. The molecule has 2 heterocycles. The third-order valence-electron chi connectivity index (χ3n) is 2.59. The van der Waals surface area contributed by atoms with Gasteiger partial charge in [0, 0.05) is 6.07 Å². The van der Waals surface area contributed by atoms with E-state index in [1.54, 1.807) is 18.2 Å². The zero-order chi connectivity index (χ0) is 12.9. The molecule has 18 heavy (non-hydrogen) atoms. The van der Waals surface area contributed by atoms with Gasteiger partial charge in [-0.05, 0) is 12.1 Å². The van der Waals surface area contributed by atoms with Crippen LogP contribution in [0.5, 0.6) is 0 Å². The predicted octanol–water partition coefficient (Wildman–Crippen LogP) is 2.19. The lowest BCUT2D eigenvalue weighted by molar-refractivity contribution is -0.141. The number of benzene rings is 1. The molecule has 0 aliphatic heterocycles. The van der Waals surface area contributed by atoms with Crippen LogP contribution in [0, 0.1) is 0 Å². The minimum Gasteiger partial charge on any atom is -0.292 e. The number of nitrogens with one attached hydrogen (secondary N) is 1. The highest BCUT2D eigenvalue weighted by molar-refractivity contribution is 5.79. The first-order valence-electron chi connectivity index (χ1n) is 5.04. The Balaban J connectivity index is 2.58. The molecule has 92 valence electrons. The number of nitrogens with zero attached hydrogens (tertiary/aromatic N) is 2. The van der Waals surface area contributed by atoms with Crippen molar-refractivity contribution >= 4 is 16.8 Å². The molecule has 0 saturated heterocycles. The predicted molar refractivity (Wildman–Crippen MR) is 58.3 cm³/mol. The van der Waals surface area contributed by atoms with Gasteiger partial charge in [-0.1, -0.05) is 12.1 Å². The van der Waals surface area contributed by atoms with Crippen LogP contribution in [0.3, 0.4) is 0 Å². The van der Waals surface area contributed by atoms with Gasteiger partial charge in [-0.3, -0.25) is 14.2 Å². The molecule has 0 atom stereocenters. The molecule has 1 N–H and O–H groups in total. The number of alkyl halides is 3. The highest BCUT2D eigenvalue weighted by Crippen LogP contribution is 2.30. The highest BCUT2D eigenvalue weighted by atomic mass is 19.4. The maximum atomic E-state index is 12.9. The molecule has 0 amide bonds. The lowest BCUT2D eigenvalue weighted by Gasteiger charge is -2.09. The number of para-hydroxylation sites is 2. The molecule has 1 aromatic carbocycles. The number of H-pyrrole nitrogens is 1. The van der Waals surface area contributed by atoms with Gasteiger partial charge in [-0.2, -0.15) is 13.2 Å². The molecule has 0 bridgehead atoms. The summed E-state index contributed by atoms with van der Waals surface area (Å²) < 4.78 is 39.6. The first-order chi connectivity index (χ1) is 8.47. The van der Waals surface area contributed by atoms with Crippen molar-refractivity contribution in [2.75, 3.05) is 0 Å². The summed E-state index contributed by atoms with van der Waals surface area (Å²) >= 11 is 0. The molecule has 0 saturated carbocycles. The van der Waals surface area contributed by atoms with Crippen molar-refractivity contribution in [2.24, 2.45) is 0 Å². The standard InChI is InChI=1S/C11H6F3N3O/c12-11(13,14)8-5-9(18)16-10-15-6-3-1-2-4-7(6)17(8)10/h1-5H,(H,15,16,18). The average molecular weight is 253 g/mol. The Labute approximate surface area is 97.7 Å². The van der Waals surface area contributed by atoms with Crippen LogP contribution >= 0.6 is 0 Å². The van der Waals surface area contributed by atoms with Gasteiger partial charge in [0.1, 0.15) is 5.69 Å². The second kappa shape index (κ2) is 3.34. The topological polar surface area (TPSA) is 50.2 Å². The molecule has 7 heteroatoms. The molecule has 0 aliphatic carbocycles. The first-order valence-corrected chi connectivity index (χ1v) is 5.04. The maximum Gasteiger partial charge on any atom is 0.432 e. The molecule has 3 aromatic rings. The van der Waals surface area contributed by atoms with Crippen LogP contribution in [-0.2, 0) is 6.18 Å². The fourth-order valence-electron chi connectivity index (χ4n) is 1.90. The Morgan fingerprint density at radius 1 is 1.22 bits per heavy atom. The number of imidazole rings is 1. The molecular weight excluding hydrogens is 247 g/mol. The van der Waals surface area contributed by atoms with E-state index >= 15 is 0 Å². The number of halogens is 3. The summed E-state index contributed by atoms with van der Waals surface area (Å²) in [6.45, 7) is 0. The fraction of sp³-hybridized carbons (Fsp3) is 0.0909. The van der Waals surface area contributed by atoms with Crippen LogP contribution in [0.15, 0.2) is 35.1 Å². The van der Waals surface area contributed by atoms with Gasteiger partial charge in [0.25, 0.3) is 5.56 Å². The van der Waals surface area contributed by atoms with Crippen LogP contribution in [-0.4, -0.2) is 14.4 Å². The summed E-state index contributed by atoms with van der Waals surface area (Å²) in [4.78, 5) is 17.5. The van der Waals surface area contributed by atoms with Crippen molar-refractivity contribution < 1.29 is 13.2 Å². The Morgan fingerprint density at radius 2 is 1.94 bits per heavy atom. The summed E-state index contributed by atoms with van der Waals surface area (Å²) in [5.74, 6) is -0.115. The van der Waals surface area contributed by atoms with E-state index in [1.165, 1.54) is 6.07 Å². The van der Waals surface area contributed by atoms with Crippen molar-refractivity contribution in [3.63, 3.8) is 0 Å². The number of rotatable bonds is 0. The molecule has 0 aliphatic rings. The zero-order valence-electron chi connectivity index (χ0n) is 8.82. The molecule has 0 fully saturated rings. The van der Waals surface area contributed by atoms with E-state index < -0.39 is 17.4 Å². The molecule has 0 unspecified atom stereocenters. The van der Waals surface area contributed by atoms with E-state index in [-0.39, 0.29) is 5.78 Å². The number of aromatic nitrogens is 3. The van der Waals surface area contributed by atoms with Crippen LogP contribution in [0.4, 0.5) is 13.2 Å². The Kier molecular flexibility index (Phi) is 2.01. The third kappa shape index (κ3) is 1.47. The second-order valence-corrected chi connectivity index (χ2v) is 3.78. The minimum absolute atomic E-state index is 0.115. The number of fused-ring (bicyclic) bond motifs is 3. The second-order valence-electron chi connectivity index (χ2n) is 3.78. The van der Waals surface area contributed by atoms with Crippen molar-refractivity contribution in [3.05, 3.63) is 46.4 Å². The summed E-state index contributed by atoms with van der Waals surface area (Å²) in [7, 11) is 0. The van der Waals surface area contributed by atoms with Gasteiger partial charge in [-0.25, -0.2) is 4.98 Å². The zero-order valence-corrected chi connectivity index (χ0v) is 8.82. The van der Waals surface area contributed by atoms with E-state index in [1.807, 2.05) is 0 Å². The molecular formula is C11H6F3N3O. The highest BCUT2D eigenvalue weighted by Gasteiger charge is 2.34. The van der Waals surface area contributed by atoms with Gasteiger partial charge in [-0.15, -0.1) is 0 Å². The molecule has 3 rings (SSSR count). The van der Waals surface area contributed by atoms with E-state index in [9.17, 15) is 18.0 Å². The average Bonchev–Trinajstić information content (AvgIpc) is 2.64. The molecule has 0 spiro atoms. The molecule has 0 radical (unpaired) electrons. The van der Waals surface area contributed by atoms with E-state index in [0.717, 1.165) is 4.40 Å². The van der Waals surface area contributed by atoms with Crippen molar-refractivity contribution in [2.45, 2.75) is 6.18 Å². The van der Waals surface area contributed by atoms with E-state index in [2.05, 4.69) is 9.97 Å². The van der Waals surface area contributed by atoms with Crippen LogP contribution in [0.2, 0.25) is 0 Å². The first kappa shape index (κ1) is 10.8. The van der Waals surface area contributed by atoms with Crippen LogP contribution in [0.25, 0.3) is 16.8 Å². The molecule has 2 aromatic heterocycles. The monoisotopic (exact) mass is 253 g/mol. The van der Waals surface area contributed by atoms with Gasteiger partial charge in [0.05, 0.1) is 11.0 Å². The minimum atomic E-state index is -4.62. The normalized spacial score (nSPS) is 12.4. The quantitative estimate of drug-likeness (QED) is 0.667. The summed E-state index contributed by atoms with van der Waals surface area (Å²) in [6.07, 6.45) is -4.62. The third-order valence-corrected chi connectivity index (χ3v) is 2.59. The smallest absolute Gasteiger partial charge is 0.292 e. The summed E-state index contributed by atoms with van der Waals surface area (Å²) in [5.41, 5.74) is -1.17. The SMILES string of the molecule is O=c1cc(C(F)(F)F)n2c(nc3ccccc32)[nH]1. The lowest BCUT2D eigenvalue weighted by atomic mass is 10.3. The summed E-state index contributed by atoms with van der Waals surface area (Å²) in [5, 5.41) is 0. The Morgan fingerprint density at radius 3 is 2.67 bits per heavy atom. The molecule has 4 nitrogen and oxygen atoms in total. The van der Waals surface area contributed by atoms with E-state index in [0.29, 0.717) is 17.1 Å². The van der Waals surface area contributed by atoms with Gasteiger partial charge in [0.15, 0.2) is 0 Å². The Hall–Kier alpha value is -2.31. The van der Waals surface area contributed by atoms with Gasteiger partial charge < -0.3 is 0 Å². The van der Waals surface area contributed by atoms with Crippen molar-refractivity contribution in [3.8, 4) is 0 Å². The lowest BCUT2D eigenvalue weighted by Crippen LogP contribution is -2.18. The summed E-state index contributed by atoms with van der Waals surface area (Å²) in [6, 6.07) is 6.91. The largest absolute Gasteiger partial charge is 0.432 e. The maximum absolute atomic E-state index is 12.9. The number of aromatic amines is 1. The van der Waals surface area contributed by atoms with Crippen LogP contribution < -0.4 is 5.56 Å².